The molecule has 98 valence electrons. The van der Waals surface area contributed by atoms with Crippen molar-refractivity contribution in [1.82, 2.24) is 10.2 Å². The standard InChI is InChI=1S/C15H22N2O/c1-12-5-7-13(8-6-12)9-11-17(2)15(18)14-4-3-10-16-14/h5-8,14,16H,3-4,9-11H2,1-2H3. The normalized spacial score (nSPS) is 18.9. The fraction of sp³-hybridized carbons (Fsp3) is 0.533. The number of aryl methyl sites for hydroxylation is 1. The first-order chi connectivity index (χ1) is 8.66. The molecule has 0 bridgehead atoms. The van der Waals surface area contributed by atoms with Crippen molar-refractivity contribution >= 4 is 5.91 Å². The van der Waals surface area contributed by atoms with Crippen molar-refractivity contribution < 1.29 is 4.79 Å². The largest absolute Gasteiger partial charge is 0.344 e. The number of hydrogen-bond donors (Lipinski definition) is 1. The molecular formula is C15H22N2O. The van der Waals surface area contributed by atoms with Gasteiger partial charge in [0.15, 0.2) is 0 Å². The van der Waals surface area contributed by atoms with Crippen LogP contribution in [-0.2, 0) is 11.2 Å². The fourth-order valence-electron chi connectivity index (χ4n) is 2.32. The van der Waals surface area contributed by atoms with E-state index in [2.05, 4.69) is 36.5 Å². The molecule has 1 heterocycles. The number of rotatable bonds is 4. The lowest BCUT2D eigenvalue weighted by Crippen LogP contribution is -2.42. The molecule has 3 nitrogen and oxygen atoms in total. The number of carbonyl (C=O) groups excluding carboxylic acids is 1. The first-order valence-electron chi connectivity index (χ1n) is 6.71. The zero-order valence-electron chi connectivity index (χ0n) is 11.3. The summed E-state index contributed by atoms with van der Waals surface area (Å²) in [5.41, 5.74) is 2.57. The van der Waals surface area contributed by atoms with Gasteiger partial charge in [-0.05, 0) is 38.3 Å². The maximum Gasteiger partial charge on any atom is 0.239 e. The van der Waals surface area contributed by atoms with Crippen molar-refractivity contribution in [2.45, 2.75) is 32.2 Å². The number of benzene rings is 1. The van der Waals surface area contributed by atoms with E-state index in [4.69, 9.17) is 0 Å². The van der Waals surface area contributed by atoms with Crippen molar-refractivity contribution in [3.8, 4) is 0 Å². The molecular weight excluding hydrogens is 224 g/mol. The summed E-state index contributed by atoms with van der Waals surface area (Å²) in [7, 11) is 1.90. The van der Waals surface area contributed by atoms with Gasteiger partial charge in [0.05, 0.1) is 6.04 Å². The van der Waals surface area contributed by atoms with E-state index in [0.717, 1.165) is 32.4 Å². The molecule has 18 heavy (non-hydrogen) atoms. The van der Waals surface area contributed by atoms with Gasteiger partial charge in [-0.2, -0.15) is 0 Å². The van der Waals surface area contributed by atoms with Crippen LogP contribution in [0.15, 0.2) is 24.3 Å². The number of likely N-dealkylation sites (N-methyl/N-ethyl adjacent to an activating group) is 1. The highest BCUT2D eigenvalue weighted by Gasteiger charge is 2.24. The monoisotopic (exact) mass is 246 g/mol. The Hall–Kier alpha value is -1.35. The lowest BCUT2D eigenvalue weighted by atomic mass is 10.1. The molecule has 0 aliphatic carbocycles. The van der Waals surface area contributed by atoms with E-state index in [0.29, 0.717) is 0 Å². The predicted molar refractivity (Wildman–Crippen MR) is 73.5 cm³/mol. The Balaban J connectivity index is 1.82. The van der Waals surface area contributed by atoms with Crippen LogP contribution in [0.4, 0.5) is 0 Å². The smallest absolute Gasteiger partial charge is 0.239 e. The second-order valence-corrected chi connectivity index (χ2v) is 5.14. The highest BCUT2D eigenvalue weighted by molar-refractivity contribution is 5.81. The molecule has 1 aliphatic rings. The zero-order chi connectivity index (χ0) is 13.0. The van der Waals surface area contributed by atoms with Gasteiger partial charge in [0, 0.05) is 13.6 Å². The maximum atomic E-state index is 12.1. The highest BCUT2D eigenvalue weighted by atomic mass is 16.2. The van der Waals surface area contributed by atoms with Gasteiger partial charge in [0.25, 0.3) is 0 Å². The van der Waals surface area contributed by atoms with Crippen LogP contribution in [0.1, 0.15) is 24.0 Å². The van der Waals surface area contributed by atoms with Crippen molar-refractivity contribution in [3.05, 3.63) is 35.4 Å². The van der Waals surface area contributed by atoms with Gasteiger partial charge in [-0.1, -0.05) is 29.8 Å². The van der Waals surface area contributed by atoms with Crippen molar-refractivity contribution in [1.29, 1.82) is 0 Å². The molecule has 1 aromatic rings. The minimum absolute atomic E-state index is 0.0491. The Morgan fingerprint density at radius 3 is 2.72 bits per heavy atom. The molecule has 3 heteroatoms. The molecule has 1 aromatic carbocycles. The van der Waals surface area contributed by atoms with Gasteiger partial charge >= 0.3 is 0 Å². The summed E-state index contributed by atoms with van der Waals surface area (Å²) in [5.74, 6) is 0.236. The average Bonchev–Trinajstić information content (AvgIpc) is 2.90. The Morgan fingerprint density at radius 2 is 2.11 bits per heavy atom. The summed E-state index contributed by atoms with van der Waals surface area (Å²) in [6, 6.07) is 8.57. The Bertz CT molecular complexity index is 393. The van der Waals surface area contributed by atoms with E-state index in [1.807, 2.05) is 11.9 Å². The minimum atomic E-state index is 0.0491. The third-order valence-electron chi connectivity index (χ3n) is 3.59. The van der Waals surface area contributed by atoms with Crippen LogP contribution in [0, 0.1) is 6.92 Å². The van der Waals surface area contributed by atoms with Crippen LogP contribution in [0.25, 0.3) is 0 Å². The summed E-state index contributed by atoms with van der Waals surface area (Å²) in [5, 5.41) is 3.25. The summed E-state index contributed by atoms with van der Waals surface area (Å²) < 4.78 is 0. The number of amides is 1. The average molecular weight is 246 g/mol. The van der Waals surface area contributed by atoms with Gasteiger partial charge < -0.3 is 10.2 Å². The lowest BCUT2D eigenvalue weighted by Gasteiger charge is -2.21. The highest BCUT2D eigenvalue weighted by Crippen LogP contribution is 2.09. The van der Waals surface area contributed by atoms with E-state index in [1.165, 1.54) is 11.1 Å². The third-order valence-corrected chi connectivity index (χ3v) is 3.59. The Morgan fingerprint density at radius 1 is 1.39 bits per heavy atom. The summed E-state index contributed by atoms with van der Waals surface area (Å²) in [6.07, 6.45) is 3.02. The Labute approximate surface area is 109 Å². The van der Waals surface area contributed by atoms with Crippen LogP contribution < -0.4 is 5.32 Å². The minimum Gasteiger partial charge on any atom is -0.344 e. The third kappa shape index (κ3) is 3.33. The van der Waals surface area contributed by atoms with E-state index in [9.17, 15) is 4.79 Å². The molecule has 1 amide bonds. The number of carbonyl (C=O) groups is 1. The number of hydrogen-bond acceptors (Lipinski definition) is 2. The molecule has 0 aromatic heterocycles. The summed E-state index contributed by atoms with van der Waals surface area (Å²) in [6.45, 7) is 3.85. The number of nitrogens with one attached hydrogen (secondary N) is 1. The first kappa shape index (κ1) is 13.1. The molecule has 1 aliphatic heterocycles. The molecule has 1 saturated heterocycles. The lowest BCUT2D eigenvalue weighted by molar-refractivity contribution is -0.131. The first-order valence-corrected chi connectivity index (χ1v) is 6.71. The van der Waals surface area contributed by atoms with Crippen molar-refractivity contribution in [2.24, 2.45) is 0 Å². The molecule has 1 atom stereocenters. The second-order valence-electron chi connectivity index (χ2n) is 5.14. The Kier molecular flexibility index (Phi) is 4.37. The van der Waals surface area contributed by atoms with E-state index in [1.54, 1.807) is 0 Å². The molecule has 0 radical (unpaired) electrons. The molecule has 1 fully saturated rings. The van der Waals surface area contributed by atoms with E-state index >= 15 is 0 Å². The van der Waals surface area contributed by atoms with Crippen LogP contribution in [0.5, 0.6) is 0 Å². The van der Waals surface area contributed by atoms with Gasteiger partial charge in [0.2, 0.25) is 5.91 Å². The van der Waals surface area contributed by atoms with Crippen LogP contribution in [0.2, 0.25) is 0 Å². The van der Waals surface area contributed by atoms with Gasteiger partial charge in [-0.15, -0.1) is 0 Å². The van der Waals surface area contributed by atoms with Gasteiger partial charge in [-0.25, -0.2) is 0 Å². The van der Waals surface area contributed by atoms with Gasteiger partial charge in [0.1, 0.15) is 0 Å². The maximum absolute atomic E-state index is 12.1. The topological polar surface area (TPSA) is 32.3 Å². The molecule has 1 unspecified atom stereocenters. The molecule has 0 saturated carbocycles. The van der Waals surface area contributed by atoms with Gasteiger partial charge in [-0.3, -0.25) is 4.79 Å². The SMILES string of the molecule is Cc1ccc(CCN(C)C(=O)C2CCCN2)cc1. The number of nitrogens with zero attached hydrogens (tertiary/aromatic N) is 1. The molecule has 2 rings (SSSR count). The van der Waals surface area contributed by atoms with Crippen LogP contribution >= 0.6 is 0 Å². The summed E-state index contributed by atoms with van der Waals surface area (Å²) in [4.78, 5) is 13.9. The van der Waals surface area contributed by atoms with Crippen molar-refractivity contribution in [2.75, 3.05) is 20.1 Å². The van der Waals surface area contributed by atoms with Crippen molar-refractivity contribution in [3.63, 3.8) is 0 Å². The molecule has 0 spiro atoms. The second kappa shape index (κ2) is 6.01. The quantitative estimate of drug-likeness (QED) is 0.878. The van der Waals surface area contributed by atoms with Crippen LogP contribution in [0.3, 0.4) is 0 Å². The predicted octanol–water partition coefficient (Wildman–Crippen LogP) is 1.75. The van der Waals surface area contributed by atoms with E-state index in [-0.39, 0.29) is 11.9 Å². The zero-order valence-corrected chi connectivity index (χ0v) is 11.3. The van der Waals surface area contributed by atoms with E-state index < -0.39 is 0 Å². The van der Waals surface area contributed by atoms with Crippen LogP contribution in [-0.4, -0.2) is 37.0 Å². The fourth-order valence-corrected chi connectivity index (χ4v) is 2.32. The summed E-state index contributed by atoms with van der Waals surface area (Å²) >= 11 is 0. The molecule has 1 N–H and O–H groups in total.